The van der Waals surface area contributed by atoms with Gasteiger partial charge in [-0.3, -0.25) is 4.79 Å². The number of rotatable bonds is 7. The second-order valence-electron chi connectivity index (χ2n) is 5.73. The lowest BCUT2D eigenvalue weighted by atomic mass is 10.1. The summed E-state index contributed by atoms with van der Waals surface area (Å²) in [6.07, 6.45) is 3.86. The van der Waals surface area contributed by atoms with Crippen molar-refractivity contribution in [1.29, 1.82) is 0 Å². The Bertz CT molecular complexity index is 929. The van der Waals surface area contributed by atoms with Gasteiger partial charge in [-0.05, 0) is 48.4 Å². The van der Waals surface area contributed by atoms with E-state index < -0.39 is 0 Å². The zero-order valence-corrected chi connectivity index (χ0v) is 16.6. The number of nitrogens with zero attached hydrogens (tertiary/aromatic N) is 3. The third-order valence-corrected chi connectivity index (χ3v) is 4.50. The SMILES string of the molecule is COc1ccc(OC)c(CCC(=O)Nc2cc(Br)ccc2-n2cncn2)c1. The van der Waals surface area contributed by atoms with Crippen molar-refractivity contribution in [3.05, 3.63) is 59.1 Å². The number of amides is 1. The van der Waals surface area contributed by atoms with Gasteiger partial charge in [0.15, 0.2) is 0 Å². The molecule has 0 unspecified atom stereocenters. The Balaban J connectivity index is 1.73. The lowest BCUT2D eigenvalue weighted by Crippen LogP contribution is -2.14. The van der Waals surface area contributed by atoms with Crippen LogP contribution < -0.4 is 14.8 Å². The molecule has 0 saturated heterocycles. The van der Waals surface area contributed by atoms with E-state index in [9.17, 15) is 4.79 Å². The van der Waals surface area contributed by atoms with Gasteiger partial charge in [-0.15, -0.1) is 0 Å². The van der Waals surface area contributed by atoms with Crippen LogP contribution in [-0.2, 0) is 11.2 Å². The largest absolute Gasteiger partial charge is 0.497 e. The van der Waals surface area contributed by atoms with Crippen LogP contribution in [0.2, 0.25) is 0 Å². The van der Waals surface area contributed by atoms with E-state index in [0.29, 0.717) is 18.5 Å². The molecule has 0 atom stereocenters. The number of ether oxygens (including phenoxy) is 2. The van der Waals surface area contributed by atoms with Crippen LogP contribution in [0.15, 0.2) is 53.5 Å². The molecule has 0 aliphatic rings. The number of anilines is 1. The maximum absolute atomic E-state index is 12.5. The molecule has 140 valence electrons. The molecule has 3 rings (SSSR count). The second kappa shape index (κ2) is 8.68. The first-order valence-corrected chi connectivity index (χ1v) is 9.05. The van der Waals surface area contributed by atoms with Gasteiger partial charge in [0.25, 0.3) is 0 Å². The summed E-state index contributed by atoms with van der Waals surface area (Å²) in [5.74, 6) is 1.35. The van der Waals surface area contributed by atoms with Gasteiger partial charge < -0.3 is 14.8 Å². The fraction of sp³-hybridized carbons (Fsp3) is 0.211. The Morgan fingerprint density at radius 3 is 2.74 bits per heavy atom. The highest BCUT2D eigenvalue weighted by Crippen LogP contribution is 2.27. The van der Waals surface area contributed by atoms with Gasteiger partial charge in [0.05, 0.1) is 25.6 Å². The van der Waals surface area contributed by atoms with Gasteiger partial charge in [-0.25, -0.2) is 9.67 Å². The summed E-state index contributed by atoms with van der Waals surface area (Å²) in [5.41, 5.74) is 2.30. The van der Waals surface area contributed by atoms with E-state index in [2.05, 4.69) is 31.3 Å². The molecule has 1 aromatic heterocycles. The van der Waals surface area contributed by atoms with E-state index in [1.807, 2.05) is 36.4 Å². The van der Waals surface area contributed by atoms with Crippen molar-refractivity contribution in [1.82, 2.24) is 14.8 Å². The van der Waals surface area contributed by atoms with Crippen molar-refractivity contribution in [3.63, 3.8) is 0 Å². The molecule has 0 aliphatic heterocycles. The third kappa shape index (κ3) is 4.65. The fourth-order valence-corrected chi connectivity index (χ4v) is 3.04. The zero-order chi connectivity index (χ0) is 19.2. The molecule has 7 nitrogen and oxygen atoms in total. The fourth-order valence-electron chi connectivity index (χ4n) is 2.68. The summed E-state index contributed by atoms with van der Waals surface area (Å²) in [5, 5.41) is 7.07. The highest BCUT2D eigenvalue weighted by molar-refractivity contribution is 9.10. The molecule has 0 fully saturated rings. The molecule has 8 heteroatoms. The lowest BCUT2D eigenvalue weighted by molar-refractivity contribution is -0.116. The van der Waals surface area contributed by atoms with Crippen LogP contribution in [-0.4, -0.2) is 34.9 Å². The van der Waals surface area contributed by atoms with Crippen LogP contribution >= 0.6 is 15.9 Å². The maximum Gasteiger partial charge on any atom is 0.224 e. The van der Waals surface area contributed by atoms with E-state index in [1.165, 1.54) is 6.33 Å². The van der Waals surface area contributed by atoms with Crippen molar-refractivity contribution in [3.8, 4) is 17.2 Å². The van der Waals surface area contributed by atoms with Crippen molar-refractivity contribution in [2.45, 2.75) is 12.8 Å². The van der Waals surface area contributed by atoms with Gasteiger partial charge >= 0.3 is 0 Å². The summed E-state index contributed by atoms with van der Waals surface area (Å²) in [6, 6.07) is 11.1. The van der Waals surface area contributed by atoms with Crippen LogP contribution in [0.3, 0.4) is 0 Å². The van der Waals surface area contributed by atoms with Gasteiger partial charge in [0.2, 0.25) is 5.91 Å². The Morgan fingerprint density at radius 2 is 2.04 bits per heavy atom. The average molecular weight is 431 g/mol. The van der Waals surface area contributed by atoms with E-state index in [4.69, 9.17) is 9.47 Å². The number of aromatic nitrogens is 3. The number of aryl methyl sites for hydroxylation is 1. The van der Waals surface area contributed by atoms with Crippen molar-refractivity contribution < 1.29 is 14.3 Å². The van der Waals surface area contributed by atoms with Gasteiger partial charge in [0, 0.05) is 10.9 Å². The monoisotopic (exact) mass is 430 g/mol. The van der Waals surface area contributed by atoms with Crippen LogP contribution in [0.4, 0.5) is 5.69 Å². The molecule has 27 heavy (non-hydrogen) atoms. The number of carbonyl (C=O) groups excluding carboxylic acids is 1. The summed E-state index contributed by atoms with van der Waals surface area (Å²) < 4.78 is 13.1. The van der Waals surface area contributed by atoms with Crippen molar-refractivity contribution >= 4 is 27.5 Å². The predicted octanol–water partition coefficient (Wildman–Crippen LogP) is 3.62. The molecule has 0 aliphatic carbocycles. The number of nitrogens with one attached hydrogen (secondary N) is 1. The predicted molar refractivity (Wildman–Crippen MR) is 106 cm³/mol. The zero-order valence-electron chi connectivity index (χ0n) is 15.0. The molecule has 0 spiro atoms. The van der Waals surface area contributed by atoms with Crippen LogP contribution in [0.25, 0.3) is 5.69 Å². The molecule has 0 bridgehead atoms. The molecule has 0 saturated carbocycles. The first-order chi connectivity index (χ1) is 13.1. The normalized spacial score (nSPS) is 10.5. The quantitative estimate of drug-likeness (QED) is 0.619. The standard InChI is InChI=1S/C19H19BrN4O3/c1-26-15-5-7-18(27-2)13(9-15)3-8-19(25)23-16-10-14(20)4-6-17(16)24-12-21-11-22-24/h4-7,9-12H,3,8H2,1-2H3,(H,23,25). The number of methoxy groups -OCH3 is 2. The summed E-state index contributed by atoms with van der Waals surface area (Å²) in [4.78, 5) is 16.5. The lowest BCUT2D eigenvalue weighted by Gasteiger charge is -2.13. The molecule has 0 radical (unpaired) electrons. The first-order valence-electron chi connectivity index (χ1n) is 8.26. The van der Waals surface area contributed by atoms with Crippen LogP contribution in [0.1, 0.15) is 12.0 Å². The Morgan fingerprint density at radius 1 is 1.19 bits per heavy atom. The third-order valence-electron chi connectivity index (χ3n) is 4.01. The summed E-state index contributed by atoms with van der Waals surface area (Å²) in [7, 11) is 3.22. The Kier molecular flexibility index (Phi) is 6.08. The molecule has 3 aromatic rings. The number of hydrogen-bond acceptors (Lipinski definition) is 5. The van der Waals surface area contributed by atoms with E-state index >= 15 is 0 Å². The highest BCUT2D eigenvalue weighted by atomic mass is 79.9. The van der Waals surface area contributed by atoms with E-state index in [0.717, 1.165) is 27.2 Å². The Labute approximate surface area is 165 Å². The number of carbonyl (C=O) groups is 1. The molecule has 1 amide bonds. The van der Waals surface area contributed by atoms with Crippen molar-refractivity contribution in [2.24, 2.45) is 0 Å². The number of halogens is 1. The molecular weight excluding hydrogens is 412 g/mol. The first kappa shape index (κ1) is 18.9. The molecule has 1 heterocycles. The van der Waals surface area contributed by atoms with Crippen LogP contribution in [0, 0.1) is 0 Å². The minimum Gasteiger partial charge on any atom is -0.497 e. The van der Waals surface area contributed by atoms with Crippen molar-refractivity contribution in [2.75, 3.05) is 19.5 Å². The maximum atomic E-state index is 12.5. The number of benzene rings is 2. The molecular formula is C19H19BrN4O3. The van der Waals surface area contributed by atoms with Gasteiger partial charge in [-0.2, -0.15) is 5.10 Å². The number of hydrogen-bond donors (Lipinski definition) is 1. The van der Waals surface area contributed by atoms with Gasteiger partial charge in [0.1, 0.15) is 24.2 Å². The van der Waals surface area contributed by atoms with E-state index in [1.54, 1.807) is 25.2 Å². The second-order valence-corrected chi connectivity index (χ2v) is 6.64. The average Bonchev–Trinajstić information content (AvgIpc) is 3.20. The minimum atomic E-state index is -0.112. The smallest absolute Gasteiger partial charge is 0.224 e. The van der Waals surface area contributed by atoms with Gasteiger partial charge in [-0.1, -0.05) is 15.9 Å². The van der Waals surface area contributed by atoms with Crippen LogP contribution in [0.5, 0.6) is 11.5 Å². The molecule has 2 aromatic carbocycles. The summed E-state index contributed by atoms with van der Waals surface area (Å²) in [6.45, 7) is 0. The minimum absolute atomic E-state index is 0.112. The Hall–Kier alpha value is -2.87. The highest BCUT2D eigenvalue weighted by Gasteiger charge is 2.12. The molecule has 1 N–H and O–H groups in total. The van der Waals surface area contributed by atoms with E-state index in [-0.39, 0.29) is 5.91 Å². The summed E-state index contributed by atoms with van der Waals surface area (Å²) >= 11 is 3.43. The topological polar surface area (TPSA) is 78.3 Å².